The maximum atomic E-state index is 12.1. The molecule has 0 bridgehead atoms. The third-order valence-corrected chi connectivity index (χ3v) is 3.20. The molecule has 0 aliphatic rings. The fraction of sp³-hybridized carbons (Fsp3) is 0.500. The summed E-state index contributed by atoms with van der Waals surface area (Å²) in [5, 5.41) is 3.63. The molecule has 1 rings (SSSR count). The van der Waals surface area contributed by atoms with Crippen LogP contribution in [0.1, 0.15) is 32.3 Å². The summed E-state index contributed by atoms with van der Waals surface area (Å²) in [6.45, 7) is 5.97. The van der Waals surface area contributed by atoms with Gasteiger partial charge in [0.1, 0.15) is 0 Å². The van der Waals surface area contributed by atoms with Crippen LogP contribution in [0.2, 0.25) is 0 Å². The molecular formula is C14H19N3O2. The summed E-state index contributed by atoms with van der Waals surface area (Å²) in [6, 6.07) is 9.57. The largest absolute Gasteiger partial charge is 0.466 e. The van der Waals surface area contributed by atoms with Gasteiger partial charge in [-0.25, -0.2) is 0 Å². The van der Waals surface area contributed by atoms with Gasteiger partial charge in [0.2, 0.25) is 0 Å². The average molecular weight is 261 g/mol. The topological polar surface area (TPSA) is 75.1 Å². The number of ether oxygens (including phenoxy) is 1. The van der Waals surface area contributed by atoms with E-state index >= 15 is 0 Å². The summed E-state index contributed by atoms with van der Waals surface area (Å²) in [7, 11) is 0. The highest BCUT2D eigenvalue weighted by Gasteiger charge is 2.38. The molecule has 1 aromatic carbocycles. The molecule has 0 aliphatic carbocycles. The third kappa shape index (κ3) is 3.73. The molecule has 102 valence electrons. The third-order valence-electron chi connectivity index (χ3n) is 3.20. The zero-order chi connectivity index (χ0) is 14.3. The van der Waals surface area contributed by atoms with Gasteiger partial charge in [-0.2, -0.15) is 0 Å². The van der Waals surface area contributed by atoms with Crippen molar-refractivity contribution in [2.45, 2.75) is 26.7 Å². The Morgan fingerprint density at radius 3 is 2.58 bits per heavy atom. The van der Waals surface area contributed by atoms with E-state index in [0.717, 1.165) is 5.56 Å². The summed E-state index contributed by atoms with van der Waals surface area (Å²) in [5.74, 6) is -0.486. The van der Waals surface area contributed by atoms with Gasteiger partial charge in [-0.05, 0) is 31.9 Å². The average Bonchev–Trinajstić information content (AvgIpc) is 2.40. The van der Waals surface area contributed by atoms with Crippen molar-refractivity contribution in [3.05, 3.63) is 46.3 Å². The van der Waals surface area contributed by atoms with Crippen LogP contribution in [-0.4, -0.2) is 19.1 Å². The van der Waals surface area contributed by atoms with Crippen molar-refractivity contribution in [3.63, 3.8) is 0 Å². The van der Waals surface area contributed by atoms with Crippen molar-refractivity contribution in [2.24, 2.45) is 10.5 Å². The van der Waals surface area contributed by atoms with Crippen LogP contribution >= 0.6 is 0 Å². The van der Waals surface area contributed by atoms with E-state index in [9.17, 15) is 4.79 Å². The van der Waals surface area contributed by atoms with Crippen molar-refractivity contribution in [1.29, 1.82) is 0 Å². The number of benzene rings is 1. The molecule has 0 radical (unpaired) electrons. The van der Waals surface area contributed by atoms with Crippen LogP contribution in [0.15, 0.2) is 35.4 Å². The fourth-order valence-electron chi connectivity index (χ4n) is 2.01. The minimum absolute atomic E-state index is 0.205. The molecule has 0 saturated carbocycles. The first-order valence-electron chi connectivity index (χ1n) is 6.27. The second kappa shape index (κ2) is 6.81. The molecule has 0 aromatic heterocycles. The quantitative estimate of drug-likeness (QED) is 0.339. The standard InChI is InChI=1S/C14H19N3O2/c1-4-19-13(18)14(2,3)12(10-16-17-15)11-8-6-5-7-9-11/h5-9,12H,4,10H2,1-3H3. The van der Waals surface area contributed by atoms with Crippen LogP contribution in [0.3, 0.4) is 0 Å². The molecular weight excluding hydrogens is 242 g/mol. The Morgan fingerprint density at radius 1 is 1.42 bits per heavy atom. The molecule has 0 saturated heterocycles. The van der Waals surface area contributed by atoms with E-state index in [-0.39, 0.29) is 18.4 Å². The van der Waals surface area contributed by atoms with Crippen LogP contribution in [0.5, 0.6) is 0 Å². The minimum atomic E-state index is -0.744. The van der Waals surface area contributed by atoms with E-state index < -0.39 is 5.41 Å². The number of hydrogen-bond acceptors (Lipinski definition) is 3. The molecule has 0 N–H and O–H groups in total. The van der Waals surface area contributed by atoms with E-state index in [1.165, 1.54) is 0 Å². The van der Waals surface area contributed by atoms with Crippen molar-refractivity contribution in [2.75, 3.05) is 13.2 Å². The molecule has 1 aromatic rings. The lowest BCUT2D eigenvalue weighted by atomic mass is 9.75. The molecule has 19 heavy (non-hydrogen) atoms. The summed E-state index contributed by atoms with van der Waals surface area (Å²) in [5.41, 5.74) is 8.73. The van der Waals surface area contributed by atoms with Crippen molar-refractivity contribution >= 4 is 5.97 Å². The lowest BCUT2D eigenvalue weighted by molar-refractivity contribution is -0.154. The maximum Gasteiger partial charge on any atom is 0.312 e. The molecule has 5 nitrogen and oxygen atoms in total. The second-order valence-corrected chi connectivity index (χ2v) is 4.82. The summed E-state index contributed by atoms with van der Waals surface area (Å²) in [4.78, 5) is 14.9. The van der Waals surface area contributed by atoms with Crippen LogP contribution in [-0.2, 0) is 9.53 Å². The number of rotatable bonds is 6. The number of esters is 1. The summed E-state index contributed by atoms with van der Waals surface area (Å²) in [6.07, 6.45) is 0. The smallest absolute Gasteiger partial charge is 0.312 e. The van der Waals surface area contributed by atoms with Gasteiger partial charge in [0.05, 0.1) is 12.0 Å². The maximum absolute atomic E-state index is 12.1. The van der Waals surface area contributed by atoms with Gasteiger partial charge in [0, 0.05) is 17.4 Å². The lowest BCUT2D eigenvalue weighted by Gasteiger charge is -2.31. The van der Waals surface area contributed by atoms with Crippen LogP contribution in [0.25, 0.3) is 10.4 Å². The Morgan fingerprint density at radius 2 is 2.05 bits per heavy atom. The van der Waals surface area contributed by atoms with Gasteiger partial charge in [0.25, 0.3) is 0 Å². The van der Waals surface area contributed by atoms with E-state index in [4.69, 9.17) is 10.3 Å². The first-order valence-corrected chi connectivity index (χ1v) is 6.27. The first-order chi connectivity index (χ1) is 9.04. The Balaban J connectivity index is 3.09. The van der Waals surface area contributed by atoms with Gasteiger partial charge >= 0.3 is 5.97 Å². The molecule has 0 spiro atoms. The zero-order valence-corrected chi connectivity index (χ0v) is 11.5. The van der Waals surface area contributed by atoms with E-state index in [2.05, 4.69) is 10.0 Å². The number of carbonyl (C=O) groups is 1. The molecule has 0 amide bonds. The second-order valence-electron chi connectivity index (χ2n) is 4.82. The Labute approximate surface area is 113 Å². The van der Waals surface area contributed by atoms with Gasteiger partial charge in [0.15, 0.2) is 0 Å². The molecule has 0 aliphatic heterocycles. The highest BCUT2D eigenvalue weighted by Crippen LogP contribution is 2.37. The molecule has 1 unspecified atom stereocenters. The van der Waals surface area contributed by atoms with Crippen LogP contribution in [0.4, 0.5) is 0 Å². The van der Waals surface area contributed by atoms with Gasteiger partial charge in [-0.15, -0.1) is 0 Å². The van der Waals surface area contributed by atoms with Gasteiger partial charge in [-0.3, -0.25) is 4.79 Å². The SMILES string of the molecule is CCOC(=O)C(C)(C)C(CN=[N+]=[N-])c1ccccc1. The monoisotopic (exact) mass is 261 g/mol. The van der Waals surface area contributed by atoms with Crippen molar-refractivity contribution in [3.8, 4) is 0 Å². The van der Waals surface area contributed by atoms with Crippen LogP contribution < -0.4 is 0 Å². The normalized spacial score (nSPS) is 12.4. The van der Waals surface area contributed by atoms with E-state index in [0.29, 0.717) is 6.61 Å². The summed E-state index contributed by atoms with van der Waals surface area (Å²) >= 11 is 0. The first kappa shape index (κ1) is 15.1. The zero-order valence-electron chi connectivity index (χ0n) is 11.5. The van der Waals surface area contributed by atoms with Gasteiger partial charge in [-0.1, -0.05) is 35.4 Å². The lowest BCUT2D eigenvalue weighted by Crippen LogP contribution is -2.34. The van der Waals surface area contributed by atoms with E-state index in [1.807, 2.05) is 44.2 Å². The number of azide groups is 1. The Bertz CT molecular complexity index is 465. The van der Waals surface area contributed by atoms with Crippen LogP contribution in [0, 0.1) is 5.41 Å². The predicted octanol–water partition coefficient (Wildman–Crippen LogP) is 3.67. The predicted molar refractivity (Wildman–Crippen MR) is 73.6 cm³/mol. The number of nitrogens with zero attached hydrogens (tertiary/aromatic N) is 3. The number of hydrogen-bond donors (Lipinski definition) is 0. The van der Waals surface area contributed by atoms with E-state index in [1.54, 1.807) is 6.92 Å². The Kier molecular flexibility index (Phi) is 5.39. The highest BCUT2D eigenvalue weighted by molar-refractivity contribution is 5.77. The molecule has 0 heterocycles. The summed E-state index contributed by atoms with van der Waals surface area (Å²) < 4.78 is 5.12. The van der Waals surface area contributed by atoms with Crippen molar-refractivity contribution < 1.29 is 9.53 Å². The van der Waals surface area contributed by atoms with Crippen molar-refractivity contribution in [1.82, 2.24) is 0 Å². The molecule has 5 heteroatoms. The number of carbonyl (C=O) groups excluding carboxylic acids is 1. The minimum Gasteiger partial charge on any atom is -0.466 e. The highest BCUT2D eigenvalue weighted by atomic mass is 16.5. The molecule has 1 atom stereocenters. The van der Waals surface area contributed by atoms with Gasteiger partial charge < -0.3 is 4.74 Å². The molecule has 0 fully saturated rings. The Hall–Kier alpha value is -2.00. The fourth-order valence-corrected chi connectivity index (χ4v) is 2.01.